The molecule has 0 amide bonds. The highest BCUT2D eigenvalue weighted by Gasteiger charge is 2.17. The predicted molar refractivity (Wildman–Crippen MR) is 62.5 cm³/mol. The molecule has 0 radical (unpaired) electrons. The van der Waals surface area contributed by atoms with Gasteiger partial charge in [0, 0.05) is 5.75 Å². The van der Waals surface area contributed by atoms with Crippen LogP contribution in [0.5, 0.6) is 0 Å². The molecule has 5 heteroatoms. The van der Waals surface area contributed by atoms with Gasteiger partial charge in [0.05, 0.1) is 0 Å². The van der Waals surface area contributed by atoms with E-state index in [0.29, 0.717) is 0 Å². The van der Waals surface area contributed by atoms with Crippen LogP contribution in [0.1, 0.15) is 13.8 Å². The number of esters is 1. The summed E-state index contributed by atoms with van der Waals surface area (Å²) in [4.78, 5) is 11.1. The molecule has 2 N–H and O–H groups in total. The highest BCUT2D eigenvalue weighted by molar-refractivity contribution is 8.87. The lowest BCUT2D eigenvalue weighted by molar-refractivity contribution is -0.148. The summed E-state index contributed by atoms with van der Waals surface area (Å²) >= 11 is 4.43. The number of hydrogen-bond acceptors (Lipinski definition) is 4. The maximum atomic E-state index is 11.1. The number of carbonyl (C=O) groups is 1. The van der Waals surface area contributed by atoms with Crippen LogP contribution in [0.3, 0.4) is 0 Å². The maximum Gasteiger partial charge on any atom is 0.322 e. The molecular weight excluding hydrogens is 206 g/mol. The van der Waals surface area contributed by atoms with Crippen molar-refractivity contribution in [3.8, 4) is 0 Å². The van der Waals surface area contributed by atoms with E-state index in [-0.39, 0.29) is 12.1 Å². The van der Waals surface area contributed by atoms with E-state index in [1.165, 1.54) is 0 Å². The lowest BCUT2D eigenvalue weighted by Gasteiger charge is -2.27. The van der Waals surface area contributed by atoms with Crippen molar-refractivity contribution in [3.05, 3.63) is 0 Å². The van der Waals surface area contributed by atoms with E-state index < -0.39 is 15.1 Å². The minimum atomic E-state index is -0.918. The van der Waals surface area contributed by atoms with Gasteiger partial charge in [-0.3, -0.25) is 4.79 Å². The molecule has 0 aromatic heterocycles. The molecule has 13 heavy (non-hydrogen) atoms. The molecule has 0 aliphatic carbocycles. The molecule has 0 saturated carbocycles. The Bertz CT molecular complexity index is 177. The molecule has 0 bridgehead atoms. The quantitative estimate of drug-likeness (QED) is 0.429. The second-order valence-electron chi connectivity index (χ2n) is 3.68. The topological polar surface area (TPSA) is 52.3 Å². The third kappa shape index (κ3) is 7.22. The Morgan fingerprint density at radius 1 is 1.54 bits per heavy atom. The van der Waals surface area contributed by atoms with Gasteiger partial charge in [0.1, 0.15) is 12.1 Å². The molecule has 2 unspecified atom stereocenters. The number of rotatable bonds is 4. The Hall–Kier alpha value is 0.130. The normalized spacial score (nSPS) is 17.7. The number of hydrogen-bond donors (Lipinski definition) is 2. The molecule has 0 aliphatic rings. The van der Waals surface area contributed by atoms with Gasteiger partial charge in [-0.2, -0.15) is 9.06 Å². The molecule has 0 fully saturated rings. The van der Waals surface area contributed by atoms with Gasteiger partial charge < -0.3 is 10.5 Å². The van der Waals surface area contributed by atoms with Crippen LogP contribution in [0.2, 0.25) is 0 Å². The number of thiol groups is 1. The fraction of sp³-hybridized carbons (Fsp3) is 0.875. The Labute approximate surface area is 86.5 Å². The third-order valence-electron chi connectivity index (χ3n) is 1.33. The second kappa shape index (κ2) is 5.12. The van der Waals surface area contributed by atoms with Crippen molar-refractivity contribution in [2.45, 2.75) is 26.0 Å². The molecule has 0 rings (SSSR count). The van der Waals surface area contributed by atoms with Gasteiger partial charge in [0.25, 0.3) is 0 Å². The van der Waals surface area contributed by atoms with Gasteiger partial charge in [0.2, 0.25) is 0 Å². The van der Waals surface area contributed by atoms with E-state index in [1.807, 2.05) is 6.92 Å². The Balaban J connectivity index is 3.88. The zero-order valence-electron chi connectivity index (χ0n) is 8.61. The molecule has 0 aliphatic heterocycles. The van der Waals surface area contributed by atoms with Crippen molar-refractivity contribution in [3.63, 3.8) is 0 Å². The molecule has 0 heterocycles. The van der Waals surface area contributed by atoms with Crippen molar-refractivity contribution >= 4 is 26.7 Å². The highest BCUT2D eigenvalue weighted by atomic mass is 33.1. The summed E-state index contributed by atoms with van der Waals surface area (Å²) in [7, 11) is -0.918. The van der Waals surface area contributed by atoms with Crippen LogP contribution in [-0.2, 0) is 9.53 Å². The lowest BCUT2D eigenvalue weighted by atomic mass is 10.4. The van der Waals surface area contributed by atoms with Crippen LogP contribution in [0.15, 0.2) is 0 Å². The van der Waals surface area contributed by atoms with Crippen LogP contribution in [-0.4, -0.2) is 36.4 Å². The minimum Gasteiger partial charge on any atom is -0.461 e. The van der Waals surface area contributed by atoms with E-state index >= 15 is 0 Å². The second-order valence-corrected chi connectivity index (χ2v) is 9.94. The van der Waals surface area contributed by atoms with Crippen molar-refractivity contribution in [1.82, 2.24) is 0 Å². The minimum absolute atomic E-state index is 0.0963. The van der Waals surface area contributed by atoms with Gasteiger partial charge in [-0.05, 0) is 26.4 Å². The lowest BCUT2D eigenvalue weighted by Crippen LogP contribution is -2.32. The van der Waals surface area contributed by atoms with E-state index in [0.717, 1.165) is 5.75 Å². The molecule has 3 nitrogen and oxygen atoms in total. The van der Waals surface area contributed by atoms with Crippen LogP contribution < -0.4 is 5.73 Å². The van der Waals surface area contributed by atoms with E-state index in [4.69, 9.17) is 10.5 Å². The molecule has 0 saturated heterocycles. The summed E-state index contributed by atoms with van der Waals surface area (Å²) in [6, 6.07) is -0.541. The van der Waals surface area contributed by atoms with Gasteiger partial charge in [-0.25, -0.2) is 0 Å². The van der Waals surface area contributed by atoms with Crippen molar-refractivity contribution < 1.29 is 9.53 Å². The summed E-state index contributed by atoms with van der Waals surface area (Å²) in [6.45, 7) is 3.49. The average molecular weight is 225 g/mol. The van der Waals surface area contributed by atoms with E-state index in [9.17, 15) is 4.79 Å². The molecule has 2 atom stereocenters. The molecule has 0 aromatic rings. The smallest absolute Gasteiger partial charge is 0.322 e. The molecule has 0 spiro atoms. The number of nitrogens with two attached hydrogens (primary N) is 1. The third-order valence-corrected chi connectivity index (χ3v) is 3.06. The predicted octanol–water partition coefficient (Wildman–Crippen LogP) is 1.17. The first-order chi connectivity index (χ1) is 5.72. The van der Waals surface area contributed by atoms with Crippen LogP contribution in [0.4, 0.5) is 0 Å². The van der Waals surface area contributed by atoms with Gasteiger partial charge in [-0.15, -0.1) is 11.7 Å². The monoisotopic (exact) mass is 225 g/mol. The zero-order valence-corrected chi connectivity index (χ0v) is 10.3. The zero-order chi connectivity index (χ0) is 10.6. The van der Waals surface area contributed by atoms with E-state index in [1.54, 1.807) is 6.92 Å². The Kier molecular flexibility index (Phi) is 5.17. The summed E-state index contributed by atoms with van der Waals surface area (Å²) in [5.41, 5.74) is 5.36. The fourth-order valence-electron chi connectivity index (χ4n) is 0.914. The summed E-state index contributed by atoms with van der Waals surface area (Å²) < 4.78 is 5.10. The first kappa shape index (κ1) is 13.1. The van der Waals surface area contributed by atoms with Gasteiger partial charge >= 0.3 is 5.97 Å². The SMILES string of the molecule is CC(CS(C)(C)S)OC(=O)C(C)N. The first-order valence-corrected chi connectivity index (χ1v) is 7.79. The first-order valence-electron chi connectivity index (χ1n) is 4.12. The number of ether oxygens (including phenoxy) is 1. The maximum absolute atomic E-state index is 11.1. The molecular formula is C8H19NO2S2. The van der Waals surface area contributed by atoms with E-state index in [2.05, 4.69) is 24.2 Å². The van der Waals surface area contributed by atoms with Crippen LogP contribution in [0.25, 0.3) is 0 Å². The highest BCUT2D eigenvalue weighted by Crippen LogP contribution is 2.45. The number of carbonyl (C=O) groups excluding carboxylic acids is 1. The fourth-order valence-corrected chi connectivity index (χ4v) is 2.76. The average Bonchev–Trinajstić information content (AvgIpc) is 1.81. The standard InChI is InChI=1S/C8H19NO2S2/c1-6(5-13(3,4)12)11-8(10)7(2)9/h6-7,12H,5,9H2,1-4H3. The van der Waals surface area contributed by atoms with Gasteiger partial charge in [-0.1, -0.05) is 0 Å². The molecule has 0 aromatic carbocycles. The Morgan fingerprint density at radius 3 is 2.31 bits per heavy atom. The summed E-state index contributed by atoms with van der Waals surface area (Å²) in [5.74, 6) is 0.457. The molecule has 80 valence electrons. The van der Waals surface area contributed by atoms with Crippen LogP contribution >= 0.6 is 20.7 Å². The largest absolute Gasteiger partial charge is 0.461 e. The Morgan fingerprint density at radius 2 is 2.00 bits per heavy atom. The summed E-state index contributed by atoms with van der Waals surface area (Å²) in [6.07, 6.45) is 4.03. The van der Waals surface area contributed by atoms with Crippen molar-refractivity contribution in [1.29, 1.82) is 0 Å². The van der Waals surface area contributed by atoms with Gasteiger partial charge in [0.15, 0.2) is 0 Å². The van der Waals surface area contributed by atoms with Crippen molar-refractivity contribution in [2.75, 3.05) is 18.3 Å². The van der Waals surface area contributed by atoms with Crippen molar-refractivity contribution in [2.24, 2.45) is 5.73 Å². The summed E-state index contributed by atoms with van der Waals surface area (Å²) in [5, 5.41) is 0. The van der Waals surface area contributed by atoms with Crippen LogP contribution in [0, 0.1) is 0 Å².